The number of nitrogens with zero attached hydrogens (tertiary/aromatic N) is 2. The predicted molar refractivity (Wildman–Crippen MR) is 108 cm³/mol. The van der Waals surface area contributed by atoms with E-state index >= 15 is 0 Å². The van der Waals surface area contributed by atoms with Crippen LogP contribution in [0.1, 0.15) is 32.0 Å². The van der Waals surface area contributed by atoms with Gasteiger partial charge in [-0.3, -0.25) is 14.3 Å². The summed E-state index contributed by atoms with van der Waals surface area (Å²) in [6, 6.07) is 14.5. The molecule has 0 radical (unpaired) electrons. The lowest BCUT2D eigenvalue weighted by Crippen LogP contribution is -2.30. The minimum Gasteiger partial charge on any atom is -0.348 e. The van der Waals surface area contributed by atoms with Crippen LogP contribution in [0.5, 0.6) is 0 Å². The molecular formula is C20H18Cl2N4O2. The van der Waals surface area contributed by atoms with Crippen LogP contribution in [0.3, 0.4) is 0 Å². The van der Waals surface area contributed by atoms with Gasteiger partial charge in [-0.2, -0.15) is 5.10 Å². The summed E-state index contributed by atoms with van der Waals surface area (Å²) in [5, 5.41) is 10.7. The number of aromatic nitrogens is 2. The third kappa shape index (κ3) is 4.52. The Labute approximate surface area is 172 Å². The van der Waals surface area contributed by atoms with Crippen LogP contribution in [0.15, 0.2) is 54.7 Å². The molecule has 6 nitrogen and oxygen atoms in total. The van der Waals surface area contributed by atoms with Crippen molar-refractivity contribution in [2.45, 2.75) is 13.1 Å². The topological polar surface area (TPSA) is 76.0 Å². The van der Waals surface area contributed by atoms with Gasteiger partial charge in [0.1, 0.15) is 5.69 Å². The lowest BCUT2D eigenvalue weighted by Gasteiger charge is -2.10. The Balaban J connectivity index is 1.70. The number of carbonyl (C=O) groups is 2. The van der Waals surface area contributed by atoms with Crippen LogP contribution in [-0.2, 0) is 20.1 Å². The number of halogens is 2. The molecule has 1 heterocycles. The van der Waals surface area contributed by atoms with Crippen LogP contribution in [-0.4, -0.2) is 21.6 Å². The first-order valence-electron chi connectivity index (χ1n) is 8.52. The van der Waals surface area contributed by atoms with E-state index in [2.05, 4.69) is 15.7 Å². The fourth-order valence-corrected chi connectivity index (χ4v) is 3.09. The predicted octanol–water partition coefficient (Wildman–Crippen LogP) is 3.59. The van der Waals surface area contributed by atoms with Crippen LogP contribution in [0.25, 0.3) is 0 Å². The highest BCUT2D eigenvalue weighted by atomic mass is 35.5. The van der Waals surface area contributed by atoms with E-state index in [0.717, 1.165) is 11.1 Å². The van der Waals surface area contributed by atoms with Gasteiger partial charge in [0.25, 0.3) is 11.8 Å². The molecule has 0 aliphatic rings. The zero-order valence-electron chi connectivity index (χ0n) is 15.1. The molecule has 2 aromatic carbocycles. The molecule has 8 heteroatoms. The summed E-state index contributed by atoms with van der Waals surface area (Å²) in [5.74, 6) is -0.821. The Hall–Kier alpha value is -2.83. The molecule has 0 unspecified atom stereocenters. The van der Waals surface area contributed by atoms with Crippen molar-refractivity contribution in [1.82, 2.24) is 20.4 Å². The quantitative estimate of drug-likeness (QED) is 0.644. The second kappa shape index (κ2) is 8.91. The fraction of sp³-hybridized carbons (Fsp3) is 0.150. The molecule has 0 spiro atoms. The Bertz CT molecular complexity index is 1020. The molecular weight excluding hydrogens is 399 g/mol. The zero-order chi connectivity index (χ0) is 20.1. The second-order valence-corrected chi connectivity index (χ2v) is 6.89. The number of nitrogens with one attached hydrogen (secondary N) is 2. The zero-order valence-corrected chi connectivity index (χ0v) is 16.6. The van der Waals surface area contributed by atoms with Crippen molar-refractivity contribution in [3.63, 3.8) is 0 Å². The highest BCUT2D eigenvalue weighted by molar-refractivity contribution is 6.31. The van der Waals surface area contributed by atoms with Gasteiger partial charge in [0.05, 0.1) is 11.8 Å². The van der Waals surface area contributed by atoms with Crippen LogP contribution >= 0.6 is 23.2 Å². The summed E-state index contributed by atoms with van der Waals surface area (Å²) >= 11 is 12.2. The summed E-state index contributed by atoms with van der Waals surface area (Å²) < 4.78 is 1.37. The number of rotatable bonds is 6. The van der Waals surface area contributed by atoms with Crippen molar-refractivity contribution in [1.29, 1.82) is 0 Å². The third-order valence-electron chi connectivity index (χ3n) is 4.19. The molecule has 0 aliphatic heterocycles. The molecule has 1 aromatic heterocycles. The summed E-state index contributed by atoms with van der Waals surface area (Å²) in [6.07, 6.45) is 1.37. The van der Waals surface area contributed by atoms with Gasteiger partial charge in [0, 0.05) is 30.2 Å². The molecule has 0 atom stereocenters. The maximum atomic E-state index is 12.6. The molecule has 0 fully saturated rings. The van der Waals surface area contributed by atoms with Gasteiger partial charge >= 0.3 is 0 Å². The van der Waals surface area contributed by atoms with Crippen molar-refractivity contribution in [2.75, 3.05) is 0 Å². The first-order valence-corrected chi connectivity index (χ1v) is 9.28. The number of amides is 2. The molecule has 0 aliphatic carbocycles. The first kappa shape index (κ1) is 19.9. The Morgan fingerprint density at radius 3 is 1.93 bits per heavy atom. The van der Waals surface area contributed by atoms with E-state index in [1.807, 2.05) is 36.4 Å². The Morgan fingerprint density at radius 2 is 1.39 bits per heavy atom. The number of hydrogen-bond acceptors (Lipinski definition) is 3. The van der Waals surface area contributed by atoms with Gasteiger partial charge in [-0.05, 0) is 23.3 Å². The largest absolute Gasteiger partial charge is 0.348 e. The summed E-state index contributed by atoms with van der Waals surface area (Å²) in [7, 11) is 1.61. The molecule has 2 amide bonds. The molecule has 0 saturated carbocycles. The van der Waals surface area contributed by atoms with Crippen molar-refractivity contribution < 1.29 is 9.59 Å². The Morgan fingerprint density at radius 1 is 0.893 bits per heavy atom. The number of aryl methyl sites for hydroxylation is 1. The van der Waals surface area contributed by atoms with E-state index in [1.54, 1.807) is 19.2 Å². The average Bonchev–Trinajstić information content (AvgIpc) is 3.08. The maximum absolute atomic E-state index is 12.6. The van der Waals surface area contributed by atoms with Crippen molar-refractivity contribution in [3.8, 4) is 0 Å². The number of hydrogen-bond donors (Lipinski definition) is 2. The monoisotopic (exact) mass is 416 g/mol. The maximum Gasteiger partial charge on any atom is 0.270 e. The van der Waals surface area contributed by atoms with E-state index in [-0.39, 0.29) is 24.3 Å². The van der Waals surface area contributed by atoms with Gasteiger partial charge in [-0.15, -0.1) is 0 Å². The van der Waals surface area contributed by atoms with E-state index in [4.69, 9.17) is 23.2 Å². The minimum absolute atomic E-state index is 0.170. The highest BCUT2D eigenvalue weighted by Gasteiger charge is 2.22. The van der Waals surface area contributed by atoms with Gasteiger partial charge in [-0.1, -0.05) is 59.6 Å². The second-order valence-electron chi connectivity index (χ2n) is 6.08. The first-order chi connectivity index (χ1) is 13.5. The number of benzene rings is 2. The Kier molecular flexibility index (Phi) is 6.34. The fourth-order valence-electron chi connectivity index (χ4n) is 2.69. The lowest BCUT2D eigenvalue weighted by molar-refractivity contribution is 0.0911. The average molecular weight is 417 g/mol. The van der Waals surface area contributed by atoms with E-state index < -0.39 is 11.8 Å². The lowest BCUT2D eigenvalue weighted by atomic mass is 10.2. The van der Waals surface area contributed by atoms with Crippen molar-refractivity contribution in [3.05, 3.63) is 87.2 Å². The van der Waals surface area contributed by atoms with E-state index in [0.29, 0.717) is 10.0 Å². The smallest absolute Gasteiger partial charge is 0.270 e. The molecule has 0 saturated heterocycles. The third-order valence-corrected chi connectivity index (χ3v) is 4.93. The van der Waals surface area contributed by atoms with Gasteiger partial charge in [0.15, 0.2) is 0 Å². The molecule has 2 N–H and O–H groups in total. The summed E-state index contributed by atoms with van der Waals surface area (Å²) in [4.78, 5) is 25.2. The van der Waals surface area contributed by atoms with Crippen LogP contribution < -0.4 is 10.6 Å². The van der Waals surface area contributed by atoms with Crippen LogP contribution in [0, 0.1) is 0 Å². The normalized spacial score (nSPS) is 10.5. The minimum atomic E-state index is -0.414. The highest BCUT2D eigenvalue weighted by Crippen LogP contribution is 2.16. The van der Waals surface area contributed by atoms with Gasteiger partial charge in [0.2, 0.25) is 0 Å². The summed E-state index contributed by atoms with van der Waals surface area (Å²) in [5.41, 5.74) is 1.92. The SMILES string of the molecule is Cn1ncc(C(=O)NCc2ccccc2Cl)c1C(=O)NCc1ccccc1Cl. The van der Waals surface area contributed by atoms with E-state index in [9.17, 15) is 9.59 Å². The van der Waals surface area contributed by atoms with E-state index in [1.165, 1.54) is 10.9 Å². The van der Waals surface area contributed by atoms with Crippen molar-refractivity contribution >= 4 is 35.0 Å². The molecule has 144 valence electrons. The van der Waals surface area contributed by atoms with Crippen LogP contribution in [0.4, 0.5) is 0 Å². The standard InChI is InChI=1S/C20H18Cl2N4O2/c1-26-18(20(28)24-11-14-7-3-5-9-17(14)22)15(12-25-26)19(27)23-10-13-6-2-4-8-16(13)21/h2-9,12H,10-11H2,1H3,(H,23,27)(H,24,28). The van der Waals surface area contributed by atoms with Crippen LogP contribution in [0.2, 0.25) is 10.0 Å². The summed E-state index contributed by atoms with van der Waals surface area (Å²) in [6.45, 7) is 0.485. The molecule has 3 aromatic rings. The molecule has 28 heavy (non-hydrogen) atoms. The molecule has 0 bridgehead atoms. The van der Waals surface area contributed by atoms with Gasteiger partial charge in [-0.25, -0.2) is 0 Å². The van der Waals surface area contributed by atoms with Crippen molar-refractivity contribution in [2.24, 2.45) is 7.05 Å². The molecule has 3 rings (SSSR count). The number of carbonyl (C=O) groups excluding carboxylic acids is 2. The van der Waals surface area contributed by atoms with Gasteiger partial charge < -0.3 is 10.6 Å².